The molecule has 0 saturated carbocycles. The molecular formula is C17H24N4OS. The van der Waals surface area contributed by atoms with Crippen LogP contribution in [0.1, 0.15) is 26.7 Å². The minimum atomic E-state index is 0.643. The fourth-order valence-corrected chi connectivity index (χ4v) is 3.10. The van der Waals surface area contributed by atoms with Gasteiger partial charge in [0.15, 0.2) is 5.96 Å². The maximum Gasteiger partial charge on any atom is 0.191 e. The molecule has 2 N–H and O–H groups in total. The van der Waals surface area contributed by atoms with Gasteiger partial charge in [-0.15, -0.1) is 11.3 Å². The number of nitrogens with one attached hydrogen (secondary N) is 2. The molecule has 6 heteroatoms. The zero-order valence-electron chi connectivity index (χ0n) is 14.1. The Labute approximate surface area is 141 Å². The minimum absolute atomic E-state index is 0.643. The van der Waals surface area contributed by atoms with Gasteiger partial charge in [0.05, 0.1) is 23.9 Å². The average molecular weight is 332 g/mol. The highest BCUT2D eigenvalue weighted by molar-refractivity contribution is 7.11. The molecule has 1 aromatic carbocycles. The Morgan fingerprint density at radius 2 is 1.78 bits per heavy atom. The van der Waals surface area contributed by atoms with Gasteiger partial charge in [-0.3, -0.25) is 4.99 Å². The van der Waals surface area contributed by atoms with Gasteiger partial charge in [-0.1, -0.05) is 24.3 Å². The number of hydrogen-bond donors (Lipinski definition) is 2. The van der Waals surface area contributed by atoms with Crippen molar-refractivity contribution >= 4 is 17.3 Å². The molecular weight excluding hydrogens is 308 g/mol. The minimum Gasteiger partial charge on any atom is -0.380 e. The van der Waals surface area contributed by atoms with Gasteiger partial charge in [0.25, 0.3) is 0 Å². The molecule has 2 aromatic rings. The van der Waals surface area contributed by atoms with Crippen LogP contribution >= 0.6 is 11.3 Å². The van der Waals surface area contributed by atoms with E-state index in [0.29, 0.717) is 6.61 Å². The fourth-order valence-electron chi connectivity index (χ4n) is 2.23. The molecule has 0 bridgehead atoms. The summed E-state index contributed by atoms with van der Waals surface area (Å²) in [5.74, 6) is 0.788. The third-order valence-corrected chi connectivity index (χ3v) is 4.51. The average Bonchev–Trinajstić information content (AvgIpc) is 2.87. The van der Waals surface area contributed by atoms with Crippen molar-refractivity contribution in [2.45, 2.75) is 33.5 Å². The molecule has 23 heavy (non-hydrogen) atoms. The quantitative estimate of drug-likeness (QED) is 0.631. The highest BCUT2D eigenvalue weighted by atomic mass is 32.1. The van der Waals surface area contributed by atoms with Gasteiger partial charge in [-0.2, -0.15) is 0 Å². The number of methoxy groups -OCH3 is 1. The van der Waals surface area contributed by atoms with E-state index in [1.807, 2.05) is 13.8 Å². The molecule has 0 aliphatic rings. The number of benzene rings is 1. The predicted molar refractivity (Wildman–Crippen MR) is 95.8 cm³/mol. The van der Waals surface area contributed by atoms with E-state index in [9.17, 15) is 0 Å². The van der Waals surface area contributed by atoms with E-state index in [0.717, 1.165) is 29.8 Å². The van der Waals surface area contributed by atoms with E-state index in [-0.39, 0.29) is 0 Å². The van der Waals surface area contributed by atoms with Gasteiger partial charge >= 0.3 is 0 Å². The van der Waals surface area contributed by atoms with Crippen molar-refractivity contribution in [2.75, 3.05) is 14.2 Å². The zero-order chi connectivity index (χ0) is 16.7. The molecule has 0 saturated heterocycles. The van der Waals surface area contributed by atoms with Crippen LogP contribution in [0.5, 0.6) is 0 Å². The molecule has 0 aliphatic heterocycles. The topological polar surface area (TPSA) is 58.5 Å². The summed E-state index contributed by atoms with van der Waals surface area (Å²) in [5.41, 5.74) is 3.47. The highest BCUT2D eigenvalue weighted by Gasteiger charge is 2.05. The number of guanidine groups is 1. The van der Waals surface area contributed by atoms with E-state index >= 15 is 0 Å². The number of thiazole rings is 1. The number of ether oxygens (including phenoxy) is 1. The summed E-state index contributed by atoms with van der Waals surface area (Å²) in [7, 11) is 3.49. The molecule has 0 fully saturated rings. The first-order valence-corrected chi connectivity index (χ1v) is 8.38. The molecule has 0 amide bonds. The van der Waals surface area contributed by atoms with Gasteiger partial charge in [0.2, 0.25) is 0 Å². The summed E-state index contributed by atoms with van der Waals surface area (Å²) < 4.78 is 5.12. The lowest BCUT2D eigenvalue weighted by Crippen LogP contribution is -2.36. The van der Waals surface area contributed by atoms with Crippen LogP contribution < -0.4 is 10.6 Å². The molecule has 0 atom stereocenters. The van der Waals surface area contributed by atoms with Crippen LogP contribution in [0, 0.1) is 13.8 Å². The van der Waals surface area contributed by atoms with E-state index in [4.69, 9.17) is 4.74 Å². The number of aromatic nitrogens is 1. The lowest BCUT2D eigenvalue weighted by Gasteiger charge is -2.12. The van der Waals surface area contributed by atoms with Crippen molar-refractivity contribution in [2.24, 2.45) is 4.99 Å². The van der Waals surface area contributed by atoms with Crippen molar-refractivity contribution in [1.29, 1.82) is 0 Å². The van der Waals surface area contributed by atoms with Crippen molar-refractivity contribution in [1.82, 2.24) is 15.6 Å². The van der Waals surface area contributed by atoms with E-state index in [2.05, 4.69) is 44.9 Å². The Kier molecular flexibility index (Phi) is 6.55. The molecule has 5 nitrogen and oxygen atoms in total. The Balaban J connectivity index is 1.84. The zero-order valence-corrected chi connectivity index (χ0v) is 15.0. The number of rotatable bonds is 6. The highest BCUT2D eigenvalue weighted by Crippen LogP contribution is 2.16. The SMILES string of the molecule is CN=C(NCc1ccc(COC)cc1)NCc1sc(C)nc1C. The maximum atomic E-state index is 5.12. The Hall–Kier alpha value is -1.92. The van der Waals surface area contributed by atoms with Crippen molar-refractivity contribution in [3.63, 3.8) is 0 Å². The first kappa shape index (κ1) is 17.4. The summed E-state index contributed by atoms with van der Waals surface area (Å²) in [6.07, 6.45) is 0. The van der Waals surface area contributed by atoms with Crippen molar-refractivity contribution < 1.29 is 4.74 Å². The maximum absolute atomic E-state index is 5.12. The van der Waals surface area contributed by atoms with E-state index < -0.39 is 0 Å². The number of hydrogen-bond acceptors (Lipinski definition) is 4. The van der Waals surface area contributed by atoms with Gasteiger partial charge in [0.1, 0.15) is 0 Å². The monoisotopic (exact) mass is 332 g/mol. The van der Waals surface area contributed by atoms with E-state index in [1.54, 1.807) is 25.5 Å². The standard InChI is InChI=1S/C17H24N4OS/c1-12-16(23-13(2)21-12)10-20-17(18-3)19-9-14-5-7-15(8-6-14)11-22-4/h5-8H,9-11H2,1-4H3,(H2,18,19,20). The summed E-state index contributed by atoms with van der Waals surface area (Å²) in [6, 6.07) is 8.37. The lowest BCUT2D eigenvalue weighted by molar-refractivity contribution is 0.185. The Bertz CT molecular complexity index is 649. The number of nitrogens with zero attached hydrogens (tertiary/aromatic N) is 2. The third-order valence-electron chi connectivity index (χ3n) is 3.43. The smallest absolute Gasteiger partial charge is 0.191 e. The van der Waals surface area contributed by atoms with Gasteiger partial charge in [0, 0.05) is 25.6 Å². The van der Waals surface area contributed by atoms with Crippen LogP contribution in [0.25, 0.3) is 0 Å². The summed E-state index contributed by atoms with van der Waals surface area (Å²) in [6.45, 7) is 6.18. The fraction of sp³-hybridized carbons (Fsp3) is 0.412. The molecule has 0 unspecified atom stereocenters. The number of aliphatic imine (C=N–C) groups is 1. The lowest BCUT2D eigenvalue weighted by atomic mass is 10.1. The van der Waals surface area contributed by atoms with Gasteiger partial charge in [-0.25, -0.2) is 4.98 Å². The second-order valence-corrected chi connectivity index (χ2v) is 6.56. The number of aryl methyl sites for hydroxylation is 2. The van der Waals surface area contributed by atoms with Gasteiger partial charge in [-0.05, 0) is 25.0 Å². The van der Waals surface area contributed by atoms with Crippen LogP contribution in [-0.2, 0) is 24.4 Å². The molecule has 0 radical (unpaired) electrons. The second kappa shape index (κ2) is 8.64. The molecule has 2 rings (SSSR count). The first-order chi connectivity index (χ1) is 11.1. The van der Waals surface area contributed by atoms with Crippen molar-refractivity contribution in [3.8, 4) is 0 Å². The summed E-state index contributed by atoms with van der Waals surface area (Å²) >= 11 is 1.72. The second-order valence-electron chi connectivity index (χ2n) is 5.27. The predicted octanol–water partition coefficient (Wildman–Crippen LogP) is 2.77. The van der Waals surface area contributed by atoms with Gasteiger partial charge < -0.3 is 15.4 Å². The molecule has 0 aliphatic carbocycles. The third kappa shape index (κ3) is 5.33. The van der Waals surface area contributed by atoms with Crippen LogP contribution in [0.4, 0.5) is 0 Å². The Morgan fingerprint density at radius 3 is 2.35 bits per heavy atom. The van der Waals surface area contributed by atoms with Crippen LogP contribution in [-0.4, -0.2) is 25.1 Å². The summed E-state index contributed by atoms with van der Waals surface area (Å²) in [5, 5.41) is 7.75. The molecule has 0 spiro atoms. The van der Waals surface area contributed by atoms with Crippen molar-refractivity contribution in [3.05, 3.63) is 51.0 Å². The molecule has 124 valence electrons. The Morgan fingerprint density at radius 1 is 1.13 bits per heavy atom. The van der Waals surface area contributed by atoms with Crippen LogP contribution in [0.3, 0.4) is 0 Å². The normalized spacial score (nSPS) is 11.6. The molecule has 1 aromatic heterocycles. The van der Waals surface area contributed by atoms with Crippen LogP contribution in [0.15, 0.2) is 29.3 Å². The summed E-state index contributed by atoms with van der Waals surface area (Å²) in [4.78, 5) is 9.94. The molecule has 1 heterocycles. The largest absolute Gasteiger partial charge is 0.380 e. The van der Waals surface area contributed by atoms with Crippen LogP contribution in [0.2, 0.25) is 0 Å². The first-order valence-electron chi connectivity index (χ1n) is 7.56. The van der Waals surface area contributed by atoms with E-state index in [1.165, 1.54) is 16.0 Å².